The zero-order chi connectivity index (χ0) is 12.1. The lowest BCUT2D eigenvalue weighted by Gasteiger charge is -2.24. The summed E-state index contributed by atoms with van der Waals surface area (Å²) >= 11 is 0. The fourth-order valence-corrected chi connectivity index (χ4v) is 2.57. The molecule has 0 aliphatic heterocycles. The highest BCUT2D eigenvalue weighted by molar-refractivity contribution is 5.48. The molecule has 0 amide bonds. The largest absolute Gasteiger partial charge is 0.383 e. The molecule has 0 saturated heterocycles. The zero-order valence-electron chi connectivity index (χ0n) is 10.9. The van der Waals surface area contributed by atoms with Crippen molar-refractivity contribution in [1.82, 2.24) is 9.88 Å². The van der Waals surface area contributed by atoms with Crippen molar-refractivity contribution >= 4 is 5.69 Å². The molecule has 2 rings (SSSR count). The first-order valence-corrected chi connectivity index (χ1v) is 6.62. The maximum absolute atomic E-state index is 4.10. The molecule has 3 heteroatoms. The third-order valence-corrected chi connectivity index (χ3v) is 3.75. The lowest BCUT2D eigenvalue weighted by molar-refractivity contribution is 0.254. The first-order valence-electron chi connectivity index (χ1n) is 6.62. The number of hydrogen-bond donors (Lipinski definition) is 1. The van der Waals surface area contributed by atoms with Gasteiger partial charge in [-0.15, -0.1) is 0 Å². The predicted molar refractivity (Wildman–Crippen MR) is 72.3 cm³/mol. The molecule has 0 radical (unpaired) electrons. The highest BCUT2D eigenvalue weighted by Crippen LogP contribution is 2.22. The highest BCUT2D eigenvalue weighted by atomic mass is 15.1. The number of nitrogens with one attached hydrogen (secondary N) is 1. The van der Waals surface area contributed by atoms with Gasteiger partial charge in [-0.1, -0.05) is 12.8 Å². The lowest BCUT2D eigenvalue weighted by Crippen LogP contribution is -2.33. The predicted octanol–water partition coefficient (Wildman–Crippen LogP) is 2.68. The van der Waals surface area contributed by atoms with Crippen LogP contribution in [-0.4, -0.2) is 36.1 Å². The quantitative estimate of drug-likeness (QED) is 0.847. The van der Waals surface area contributed by atoms with Crippen LogP contribution < -0.4 is 5.32 Å². The number of aryl methyl sites for hydroxylation is 1. The molecule has 0 atom stereocenters. The van der Waals surface area contributed by atoms with Crippen molar-refractivity contribution in [3.8, 4) is 0 Å². The maximum atomic E-state index is 4.10. The Morgan fingerprint density at radius 2 is 2.18 bits per heavy atom. The molecule has 0 bridgehead atoms. The zero-order valence-corrected chi connectivity index (χ0v) is 10.9. The van der Waals surface area contributed by atoms with Gasteiger partial charge < -0.3 is 10.2 Å². The van der Waals surface area contributed by atoms with Crippen molar-refractivity contribution < 1.29 is 0 Å². The Labute approximate surface area is 104 Å². The van der Waals surface area contributed by atoms with Crippen molar-refractivity contribution in [2.24, 2.45) is 0 Å². The summed E-state index contributed by atoms with van der Waals surface area (Å²) in [6.07, 6.45) is 9.33. The molecule has 1 N–H and O–H groups in total. The van der Waals surface area contributed by atoms with E-state index >= 15 is 0 Å². The van der Waals surface area contributed by atoms with Crippen LogP contribution >= 0.6 is 0 Å². The van der Waals surface area contributed by atoms with Crippen LogP contribution in [0.2, 0.25) is 0 Å². The van der Waals surface area contributed by atoms with Gasteiger partial charge in [0, 0.05) is 37.2 Å². The Kier molecular flexibility index (Phi) is 4.37. The molecule has 1 fully saturated rings. The second-order valence-corrected chi connectivity index (χ2v) is 5.04. The molecule has 17 heavy (non-hydrogen) atoms. The minimum atomic E-state index is 0.815. The Hall–Kier alpha value is -1.09. The van der Waals surface area contributed by atoms with Crippen LogP contribution in [0.1, 0.15) is 31.2 Å². The molecule has 0 unspecified atom stereocenters. The number of pyridine rings is 1. The van der Waals surface area contributed by atoms with Gasteiger partial charge in [-0.25, -0.2) is 0 Å². The molecular weight excluding hydrogens is 210 g/mol. The van der Waals surface area contributed by atoms with E-state index in [1.807, 2.05) is 18.5 Å². The van der Waals surface area contributed by atoms with Gasteiger partial charge in [0.2, 0.25) is 0 Å². The lowest BCUT2D eigenvalue weighted by atomic mass is 10.2. The van der Waals surface area contributed by atoms with E-state index in [0.717, 1.165) is 19.1 Å². The van der Waals surface area contributed by atoms with E-state index in [-0.39, 0.29) is 0 Å². The third kappa shape index (κ3) is 3.43. The van der Waals surface area contributed by atoms with E-state index in [9.17, 15) is 0 Å². The summed E-state index contributed by atoms with van der Waals surface area (Å²) in [6.45, 7) is 4.22. The van der Waals surface area contributed by atoms with Crippen LogP contribution in [0, 0.1) is 6.92 Å². The molecule has 1 aromatic heterocycles. The van der Waals surface area contributed by atoms with E-state index in [0.29, 0.717) is 0 Å². The summed E-state index contributed by atoms with van der Waals surface area (Å²) in [6, 6.07) is 2.86. The van der Waals surface area contributed by atoms with Crippen LogP contribution in [0.25, 0.3) is 0 Å². The average molecular weight is 233 g/mol. The van der Waals surface area contributed by atoms with Crippen LogP contribution in [0.5, 0.6) is 0 Å². The summed E-state index contributed by atoms with van der Waals surface area (Å²) in [7, 11) is 2.25. The van der Waals surface area contributed by atoms with Crippen LogP contribution in [0.15, 0.2) is 18.5 Å². The third-order valence-electron chi connectivity index (χ3n) is 3.75. The van der Waals surface area contributed by atoms with Crippen LogP contribution in [0.3, 0.4) is 0 Å². The number of hydrogen-bond acceptors (Lipinski definition) is 3. The molecule has 94 valence electrons. The standard InChI is InChI=1S/C14H23N3/c1-12-11-15-8-7-14(12)16-9-10-17(2)13-5-3-4-6-13/h7-8,11,13H,3-6,9-10H2,1-2H3,(H,15,16). The van der Waals surface area contributed by atoms with E-state index in [1.165, 1.54) is 36.9 Å². The van der Waals surface area contributed by atoms with Gasteiger partial charge in [0.05, 0.1) is 0 Å². The molecule has 0 aromatic carbocycles. The van der Waals surface area contributed by atoms with Crippen LogP contribution in [-0.2, 0) is 0 Å². The summed E-state index contributed by atoms with van der Waals surface area (Å²) in [5.41, 5.74) is 2.43. The second kappa shape index (κ2) is 6.01. The minimum absolute atomic E-state index is 0.815. The number of aromatic nitrogens is 1. The van der Waals surface area contributed by atoms with Crippen molar-refractivity contribution in [1.29, 1.82) is 0 Å². The van der Waals surface area contributed by atoms with E-state index < -0.39 is 0 Å². The Morgan fingerprint density at radius 3 is 2.88 bits per heavy atom. The SMILES string of the molecule is Cc1cnccc1NCCN(C)C1CCCC1. The molecule has 1 aliphatic rings. The van der Waals surface area contributed by atoms with Gasteiger partial charge in [-0.05, 0) is 38.4 Å². The Bertz CT molecular complexity index is 345. The molecule has 1 aromatic rings. The summed E-state index contributed by atoms with van der Waals surface area (Å²) in [5, 5.41) is 3.49. The minimum Gasteiger partial charge on any atom is -0.383 e. The number of anilines is 1. The van der Waals surface area contributed by atoms with E-state index in [4.69, 9.17) is 0 Å². The molecular formula is C14H23N3. The van der Waals surface area contributed by atoms with Crippen molar-refractivity contribution in [2.75, 3.05) is 25.5 Å². The molecule has 1 saturated carbocycles. The molecule has 0 spiro atoms. The number of likely N-dealkylation sites (N-methyl/N-ethyl adjacent to an activating group) is 1. The Balaban J connectivity index is 1.74. The van der Waals surface area contributed by atoms with Gasteiger partial charge in [-0.3, -0.25) is 4.98 Å². The molecule has 1 heterocycles. The fourth-order valence-electron chi connectivity index (χ4n) is 2.57. The number of rotatable bonds is 5. The average Bonchev–Trinajstić information content (AvgIpc) is 2.85. The monoisotopic (exact) mass is 233 g/mol. The van der Waals surface area contributed by atoms with Gasteiger partial charge in [0.1, 0.15) is 0 Å². The van der Waals surface area contributed by atoms with Crippen molar-refractivity contribution in [2.45, 2.75) is 38.6 Å². The van der Waals surface area contributed by atoms with Gasteiger partial charge in [0.15, 0.2) is 0 Å². The van der Waals surface area contributed by atoms with E-state index in [2.05, 4.69) is 29.2 Å². The van der Waals surface area contributed by atoms with Crippen LogP contribution in [0.4, 0.5) is 5.69 Å². The molecule has 1 aliphatic carbocycles. The smallest absolute Gasteiger partial charge is 0.0401 e. The van der Waals surface area contributed by atoms with E-state index in [1.54, 1.807) is 0 Å². The molecule has 3 nitrogen and oxygen atoms in total. The van der Waals surface area contributed by atoms with Gasteiger partial charge in [-0.2, -0.15) is 0 Å². The topological polar surface area (TPSA) is 28.2 Å². The summed E-state index contributed by atoms with van der Waals surface area (Å²) in [5.74, 6) is 0. The van der Waals surface area contributed by atoms with Gasteiger partial charge in [0.25, 0.3) is 0 Å². The highest BCUT2D eigenvalue weighted by Gasteiger charge is 2.18. The second-order valence-electron chi connectivity index (χ2n) is 5.04. The van der Waals surface area contributed by atoms with Crippen molar-refractivity contribution in [3.63, 3.8) is 0 Å². The Morgan fingerprint density at radius 1 is 1.41 bits per heavy atom. The number of nitrogens with zero attached hydrogens (tertiary/aromatic N) is 2. The summed E-state index contributed by atoms with van der Waals surface area (Å²) in [4.78, 5) is 6.60. The normalized spacial score (nSPS) is 16.6. The maximum Gasteiger partial charge on any atom is 0.0401 e. The first kappa shape index (κ1) is 12.4. The summed E-state index contributed by atoms with van der Waals surface area (Å²) < 4.78 is 0. The fraction of sp³-hybridized carbons (Fsp3) is 0.643. The van der Waals surface area contributed by atoms with Crippen molar-refractivity contribution in [3.05, 3.63) is 24.0 Å². The van der Waals surface area contributed by atoms with Gasteiger partial charge >= 0.3 is 0 Å². The first-order chi connectivity index (χ1) is 8.27.